The molecule has 0 aliphatic carbocycles. The first-order chi connectivity index (χ1) is 13.0. The number of hydrogen-bond acceptors (Lipinski definition) is 7. The molecule has 1 aromatic heterocycles. The maximum atomic E-state index is 12.3. The van der Waals surface area contributed by atoms with Crippen LogP contribution in [0.25, 0.3) is 11.5 Å². The van der Waals surface area contributed by atoms with Crippen molar-refractivity contribution in [1.82, 2.24) is 15.1 Å². The van der Waals surface area contributed by atoms with Gasteiger partial charge in [0.15, 0.2) is 11.5 Å². The lowest BCUT2D eigenvalue weighted by atomic mass is 10.1. The molecule has 2 aromatic rings. The average molecular weight is 397 g/mol. The fraction of sp³-hybridized carbons (Fsp3) is 0.438. The van der Waals surface area contributed by atoms with Crippen molar-refractivity contribution in [2.24, 2.45) is 0 Å². The minimum atomic E-state index is -1.29. The summed E-state index contributed by atoms with van der Waals surface area (Å²) in [6.07, 6.45) is 0.250. The number of carboxylic acid groups (broad SMARTS) is 1. The SMILES string of the molecule is O=C(O)Nc1c(Cl)cc(-c2nn(C3CCNCC3)c(=O)o2)c2c1OCCO2. The summed E-state index contributed by atoms with van der Waals surface area (Å²) in [4.78, 5) is 23.3. The number of halogens is 1. The molecule has 0 unspecified atom stereocenters. The molecule has 0 bridgehead atoms. The van der Waals surface area contributed by atoms with Gasteiger partial charge >= 0.3 is 11.8 Å². The topological polar surface area (TPSA) is 128 Å². The molecule has 27 heavy (non-hydrogen) atoms. The van der Waals surface area contributed by atoms with Gasteiger partial charge in [0.25, 0.3) is 5.89 Å². The summed E-state index contributed by atoms with van der Waals surface area (Å²) in [5.74, 6) is -0.145. The largest absolute Gasteiger partial charge is 0.485 e. The van der Waals surface area contributed by atoms with E-state index in [1.165, 1.54) is 10.7 Å². The number of nitrogens with zero attached hydrogens (tertiary/aromatic N) is 2. The van der Waals surface area contributed by atoms with Crippen molar-refractivity contribution < 1.29 is 23.8 Å². The van der Waals surface area contributed by atoms with E-state index in [4.69, 9.17) is 30.6 Å². The monoisotopic (exact) mass is 396 g/mol. The molecule has 0 spiro atoms. The highest BCUT2D eigenvalue weighted by atomic mass is 35.5. The first kappa shape index (κ1) is 17.7. The van der Waals surface area contributed by atoms with E-state index in [1.54, 1.807) is 0 Å². The second kappa shape index (κ2) is 7.12. The fourth-order valence-electron chi connectivity index (χ4n) is 3.24. The molecular weight excluding hydrogens is 380 g/mol. The molecule has 144 valence electrons. The van der Waals surface area contributed by atoms with Gasteiger partial charge in [-0.3, -0.25) is 5.32 Å². The van der Waals surface area contributed by atoms with Gasteiger partial charge in [-0.2, -0.15) is 4.68 Å². The third kappa shape index (κ3) is 3.33. The minimum absolute atomic E-state index is 0.0454. The summed E-state index contributed by atoms with van der Waals surface area (Å²) in [5.41, 5.74) is 0.401. The number of hydrogen-bond donors (Lipinski definition) is 3. The van der Waals surface area contributed by atoms with Crippen LogP contribution in [0.3, 0.4) is 0 Å². The van der Waals surface area contributed by atoms with Crippen molar-refractivity contribution in [2.75, 3.05) is 31.6 Å². The number of benzene rings is 1. The first-order valence-corrected chi connectivity index (χ1v) is 8.85. The van der Waals surface area contributed by atoms with Gasteiger partial charge in [-0.15, -0.1) is 5.10 Å². The molecule has 11 heteroatoms. The lowest BCUT2D eigenvalue weighted by Gasteiger charge is -2.23. The Labute approximate surface area is 158 Å². The molecule has 0 saturated carbocycles. The Morgan fingerprint density at radius 1 is 1.30 bits per heavy atom. The van der Waals surface area contributed by atoms with Crippen LogP contribution in [0.2, 0.25) is 5.02 Å². The molecule has 1 aromatic carbocycles. The molecule has 1 amide bonds. The number of rotatable bonds is 3. The molecule has 10 nitrogen and oxygen atoms in total. The standard InChI is InChI=1S/C16H17ClN4O6/c17-10-7-9(12-13(26-6-5-25-12)11(10)19-15(22)23)14-20-21(16(24)27-14)8-1-3-18-4-2-8/h7-8,18-19H,1-6H2,(H,22,23). The predicted octanol–water partition coefficient (Wildman–Crippen LogP) is 1.94. The van der Waals surface area contributed by atoms with Crippen LogP contribution < -0.4 is 25.9 Å². The number of ether oxygens (including phenoxy) is 2. The van der Waals surface area contributed by atoms with E-state index in [9.17, 15) is 9.59 Å². The molecule has 2 aliphatic heterocycles. The Balaban J connectivity index is 1.79. The van der Waals surface area contributed by atoms with Gasteiger partial charge in [0, 0.05) is 0 Å². The van der Waals surface area contributed by atoms with E-state index in [2.05, 4.69) is 15.7 Å². The Morgan fingerprint density at radius 2 is 2.00 bits per heavy atom. The van der Waals surface area contributed by atoms with Gasteiger partial charge in [-0.05, 0) is 32.0 Å². The summed E-state index contributed by atoms with van der Waals surface area (Å²) in [6.45, 7) is 2.09. The van der Waals surface area contributed by atoms with E-state index in [0.29, 0.717) is 5.56 Å². The molecule has 1 fully saturated rings. The third-order valence-electron chi connectivity index (χ3n) is 4.45. The number of amides is 1. The van der Waals surface area contributed by atoms with Gasteiger partial charge in [0.2, 0.25) is 0 Å². The summed E-state index contributed by atoms with van der Waals surface area (Å²) < 4.78 is 17.9. The number of fused-ring (bicyclic) bond motifs is 1. The molecule has 3 heterocycles. The highest BCUT2D eigenvalue weighted by Crippen LogP contribution is 2.48. The Morgan fingerprint density at radius 3 is 2.70 bits per heavy atom. The predicted molar refractivity (Wildman–Crippen MR) is 95.0 cm³/mol. The summed E-state index contributed by atoms with van der Waals surface area (Å²) in [5, 5.41) is 18.9. The van der Waals surface area contributed by atoms with Crippen molar-refractivity contribution in [3.05, 3.63) is 21.6 Å². The molecule has 0 radical (unpaired) electrons. The maximum Gasteiger partial charge on any atom is 0.437 e. The van der Waals surface area contributed by atoms with E-state index < -0.39 is 11.8 Å². The second-order valence-corrected chi connectivity index (χ2v) is 6.57. The van der Waals surface area contributed by atoms with Crippen LogP contribution in [0.15, 0.2) is 15.3 Å². The minimum Gasteiger partial charge on any atom is -0.485 e. The Kier molecular flexibility index (Phi) is 4.66. The Bertz CT molecular complexity index is 934. The van der Waals surface area contributed by atoms with Gasteiger partial charge in [-0.25, -0.2) is 9.59 Å². The van der Waals surface area contributed by atoms with Crippen LogP contribution >= 0.6 is 11.6 Å². The smallest absolute Gasteiger partial charge is 0.437 e. The number of carbonyl (C=O) groups is 1. The van der Waals surface area contributed by atoms with Gasteiger partial charge in [-0.1, -0.05) is 11.6 Å². The highest BCUT2D eigenvalue weighted by Gasteiger charge is 2.29. The first-order valence-electron chi connectivity index (χ1n) is 8.47. The molecular formula is C16H17ClN4O6. The van der Waals surface area contributed by atoms with Crippen molar-refractivity contribution in [3.8, 4) is 23.0 Å². The van der Waals surface area contributed by atoms with Gasteiger partial charge in [0.05, 0.1) is 16.6 Å². The molecule has 4 rings (SSSR count). The van der Waals surface area contributed by atoms with Gasteiger partial charge < -0.3 is 24.3 Å². The van der Waals surface area contributed by atoms with E-state index in [1.807, 2.05) is 0 Å². The van der Waals surface area contributed by atoms with Crippen molar-refractivity contribution in [3.63, 3.8) is 0 Å². The lowest BCUT2D eigenvalue weighted by molar-refractivity contribution is 0.172. The van der Waals surface area contributed by atoms with Crippen LogP contribution in [0.4, 0.5) is 10.5 Å². The van der Waals surface area contributed by atoms with Gasteiger partial charge in [0.1, 0.15) is 18.9 Å². The number of piperidine rings is 1. The normalized spacial score (nSPS) is 16.9. The molecule has 2 aliphatic rings. The molecule has 0 atom stereocenters. The van der Waals surface area contributed by atoms with Crippen molar-refractivity contribution in [1.29, 1.82) is 0 Å². The lowest BCUT2D eigenvalue weighted by Crippen LogP contribution is -2.33. The van der Waals surface area contributed by atoms with Crippen LogP contribution in [0.5, 0.6) is 11.5 Å². The summed E-state index contributed by atoms with van der Waals surface area (Å²) >= 11 is 6.23. The van der Waals surface area contributed by atoms with E-state index >= 15 is 0 Å². The number of aromatic nitrogens is 2. The second-order valence-electron chi connectivity index (χ2n) is 6.17. The molecule has 1 saturated heterocycles. The van der Waals surface area contributed by atoms with Crippen LogP contribution in [-0.4, -0.2) is 47.3 Å². The third-order valence-corrected chi connectivity index (χ3v) is 4.75. The zero-order valence-corrected chi connectivity index (χ0v) is 14.9. The zero-order chi connectivity index (χ0) is 19.0. The van der Waals surface area contributed by atoms with Crippen LogP contribution in [0, 0.1) is 0 Å². The van der Waals surface area contributed by atoms with E-state index in [0.717, 1.165) is 25.9 Å². The zero-order valence-electron chi connectivity index (χ0n) is 14.2. The summed E-state index contributed by atoms with van der Waals surface area (Å²) in [7, 11) is 0. The van der Waals surface area contributed by atoms with Crippen molar-refractivity contribution >= 4 is 23.4 Å². The van der Waals surface area contributed by atoms with E-state index in [-0.39, 0.29) is 47.4 Å². The highest BCUT2D eigenvalue weighted by molar-refractivity contribution is 6.34. The number of nitrogens with one attached hydrogen (secondary N) is 2. The van der Waals surface area contributed by atoms with Crippen LogP contribution in [0.1, 0.15) is 18.9 Å². The van der Waals surface area contributed by atoms with Crippen molar-refractivity contribution in [2.45, 2.75) is 18.9 Å². The van der Waals surface area contributed by atoms with Crippen LogP contribution in [-0.2, 0) is 0 Å². The quantitative estimate of drug-likeness (QED) is 0.718. The fourth-order valence-corrected chi connectivity index (χ4v) is 3.48. The molecule has 3 N–H and O–H groups in total. The number of anilines is 1. The maximum absolute atomic E-state index is 12.3. The Hall–Kier alpha value is -2.72. The average Bonchev–Trinajstić information content (AvgIpc) is 3.06. The summed E-state index contributed by atoms with van der Waals surface area (Å²) in [6, 6.07) is 1.39.